The number of hydrogen-bond acceptors (Lipinski definition) is 4. The predicted octanol–water partition coefficient (Wildman–Crippen LogP) is 4.94. The highest BCUT2D eigenvalue weighted by molar-refractivity contribution is 5.94. The average molecular weight is 461 g/mol. The Balaban J connectivity index is 1.90. The summed E-state index contributed by atoms with van der Waals surface area (Å²) in [6, 6.07) is 17.3. The third kappa shape index (κ3) is 6.57. The minimum atomic E-state index is -0.327. The van der Waals surface area contributed by atoms with E-state index in [0.29, 0.717) is 25.5 Å². The lowest BCUT2D eigenvalue weighted by molar-refractivity contribution is -0.134. The molecule has 0 radical (unpaired) electrons. The largest absolute Gasteiger partial charge is 0.494 e. The fourth-order valence-corrected chi connectivity index (χ4v) is 3.53. The van der Waals surface area contributed by atoms with Gasteiger partial charge in [-0.1, -0.05) is 56.3 Å². The number of ether oxygens (including phenoxy) is 1. The van der Waals surface area contributed by atoms with Crippen molar-refractivity contribution in [2.24, 2.45) is 5.92 Å². The van der Waals surface area contributed by atoms with Crippen LogP contribution >= 0.6 is 0 Å². The Kier molecular flexibility index (Phi) is 8.62. The van der Waals surface area contributed by atoms with E-state index >= 15 is 0 Å². The SMILES string of the molecule is C=CCN(CC(=O)Nc1nc(-c2ccccc2)cn1-c1cccc(OCC)c1)C(=O)CC(C)C. The molecule has 7 nitrogen and oxygen atoms in total. The van der Waals surface area contributed by atoms with Crippen molar-refractivity contribution >= 4 is 17.8 Å². The van der Waals surface area contributed by atoms with Gasteiger partial charge in [0.05, 0.1) is 18.0 Å². The number of nitrogens with zero attached hydrogens (tertiary/aromatic N) is 3. The molecule has 34 heavy (non-hydrogen) atoms. The van der Waals surface area contributed by atoms with Crippen molar-refractivity contribution in [1.82, 2.24) is 14.5 Å². The van der Waals surface area contributed by atoms with Crippen LogP contribution in [-0.4, -0.2) is 46.0 Å². The van der Waals surface area contributed by atoms with Crippen LogP contribution in [0.1, 0.15) is 27.2 Å². The van der Waals surface area contributed by atoms with E-state index in [1.165, 1.54) is 4.90 Å². The number of imidazole rings is 1. The van der Waals surface area contributed by atoms with Crippen LogP contribution in [0.5, 0.6) is 5.75 Å². The molecule has 1 N–H and O–H groups in total. The zero-order valence-electron chi connectivity index (χ0n) is 20.0. The van der Waals surface area contributed by atoms with Crippen LogP contribution in [0.4, 0.5) is 5.95 Å². The van der Waals surface area contributed by atoms with Gasteiger partial charge in [-0.05, 0) is 25.0 Å². The van der Waals surface area contributed by atoms with Crippen molar-refractivity contribution in [3.63, 3.8) is 0 Å². The molecule has 0 saturated heterocycles. The molecule has 3 aromatic rings. The summed E-state index contributed by atoms with van der Waals surface area (Å²) in [4.78, 5) is 31.7. The maximum Gasteiger partial charge on any atom is 0.246 e. The minimum absolute atomic E-state index is 0.0793. The maximum absolute atomic E-state index is 13.0. The third-order valence-electron chi connectivity index (χ3n) is 5.05. The summed E-state index contributed by atoms with van der Waals surface area (Å²) in [5.41, 5.74) is 2.45. The first-order valence-corrected chi connectivity index (χ1v) is 11.5. The van der Waals surface area contributed by atoms with Gasteiger partial charge in [0, 0.05) is 30.8 Å². The van der Waals surface area contributed by atoms with Crippen LogP contribution in [0.15, 0.2) is 73.4 Å². The Morgan fingerprint density at radius 2 is 1.94 bits per heavy atom. The number of aromatic nitrogens is 2. The summed E-state index contributed by atoms with van der Waals surface area (Å²) in [6.45, 7) is 10.4. The van der Waals surface area contributed by atoms with E-state index in [4.69, 9.17) is 4.74 Å². The van der Waals surface area contributed by atoms with E-state index in [1.54, 1.807) is 6.08 Å². The Bertz CT molecular complexity index is 1120. The zero-order valence-corrected chi connectivity index (χ0v) is 20.0. The molecule has 2 amide bonds. The highest BCUT2D eigenvalue weighted by atomic mass is 16.5. The van der Waals surface area contributed by atoms with Gasteiger partial charge in [-0.15, -0.1) is 6.58 Å². The lowest BCUT2D eigenvalue weighted by Gasteiger charge is -2.21. The van der Waals surface area contributed by atoms with Crippen molar-refractivity contribution in [1.29, 1.82) is 0 Å². The molecule has 0 atom stereocenters. The van der Waals surface area contributed by atoms with Gasteiger partial charge in [0.25, 0.3) is 0 Å². The van der Waals surface area contributed by atoms with Crippen LogP contribution in [-0.2, 0) is 9.59 Å². The first-order chi connectivity index (χ1) is 16.4. The van der Waals surface area contributed by atoms with Crippen molar-refractivity contribution in [2.75, 3.05) is 25.0 Å². The lowest BCUT2D eigenvalue weighted by atomic mass is 10.1. The predicted molar refractivity (Wildman–Crippen MR) is 135 cm³/mol. The molecule has 1 aromatic heterocycles. The smallest absolute Gasteiger partial charge is 0.246 e. The van der Waals surface area contributed by atoms with E-state index < -0.39 is 0 Å². The number of nitrogens with one attached hydrogen (secondary N) is 1. The number of benzene rings is 2. The number of amides is 2. The van der Waals surface area contributed by atoms with Gasteiger partial charge in [-0.25, -0.2) is 4.98 Å². The molecule has 1 heterocycles. The highest BCUT2D eigenvalue weighted by Crippen LogP contribution is 2.26. The number of carbonyl (C=O) groups is 2. The molecular weight excluding hydrogens is 428 g/mol. The van der Waals surface area contributed by atoms with Crippen LogP contribution in [0.2, 0.25) is 0 Å². The van der Waals surface area contributed by atoms with Crippen molar-refractivity contribution in [3.05, 3.63) is 73.4 Å². The summed E-state index contributed by atoms with van der Waals surface area (Å²) in [7, 11) is 0. The molecule has 0 aliphatic rings. The molecule has 0 aliphatic heterocycles. The molecule has 7 heteroatoms. The van der Waals surface area contributed by atoms with Crippen molar-refractivity contribution in [2.45, 2.75) is 27.2 Å². The third-order valence-corrected chi connectivity index (χ3v) is 5.05. The van der Waals surface area contributed by atoms with E-state index in [-0.39, 0.29) is 24.3 Å². The average Bonchev–Trinajstić information content (AvgIpc) is 3.23. The molecule has 0 fully saturated rings. The summed E-state index contributed by atoms with van der Waals surface area (Å²) in [5, 5.41) is 2.89. The molecule has 0 unspecified atom stereocenters. The van der Waals surface area contributed by atoms with E-state index in [0.717, 1.165) is 22.7 Å². The lowest BCUT2D eigenvalue weighted by Crippen LogP contribution is -2.38. The maximum atomic E-state index is 13.0. The quantitative estimate of drug-likeness (QED) is 0.411. The molecular formula is C27H32N4O3. The first-order valence-electron chi connectivity index (χ1n) is 11.5. The first kappa shape index (κ1) is 24.8. The molecule has 2 aromatic carbocycles. The number of rotatable bonds is 11. The second-order valence-electron chi connectivity index (χ2n) is 8.33. The second kappa shape index (κ2) is 11.8. The number of hydrogen-bond donors (Lipinski definition) is 1. The standard InChI is InChI=1S/C27H32N4O3/c1-5-15-30(26(33)16-20(3)4)19-25(32)29-27-28-24(21-11-8-7-9-12-21)18-31(27)22-13-10-14-23(17-22)34-6-2/h5,7-14,17-18,20H,1,6,15-16,19H2,2-4H3,(H,28,29,32). The Labute approximate surface area is 201 Å². The molecule has 0 aliphatic carbocycles. The Morgan fingerprint density at radius 1 is 1.18 bits per heavy atom. The monoisotopic (exact) mass is 460 g/mol. The van der Waals surface area contributed by atoms with Crippen LogP contribution in [0, 0.1) is 5.92 Å². The minimum Gasteiger partial charge on any atom is -0.494 e. The normalized spacial score (nSPS) is 10.7. The summed E-state index contributed by atoms with van der Waals surface area (Å²) >= 11 is 0. The second-order valence-corrected chi connectivity index (χ2v) is 8.33. The van der Waals surface area contributed by atoms with Gasteiger partial charge in [-0.2, -0.15) is 0 Å². The van der Waals surface area contributed by atoms with Crippen molar-refractivity contribution < 1.29 is 14.3 Å². The zero-order chi connectivity index (χ0) is 24.5. The van der Waals surface area contributed by atoms with Gasteiger partial charge in [0.15, 0.2) is 0 Å². The highest BCUT2D eigenvalue weighted by Gasteiger charge is 2.20. The number of carbonyl (C=O) groups excluding carboxylic acids is 2. The van der Waals surface area contributed by atoms with E-state index in [9.17, 15) is 9.59 Å². The van der Waals surface area contributed by atoms with Crippen LogP contribution in [0.3, 0.4) is 0 Å². The molecule has 178 valence electrons. The molecule has 0 bridgehead atoms. The summed E-state index contributed by atoms with van der Waals surface area (Å²) in [5.74, 6) is 0.887. The van der Waals surface area contributed by atoms with Gasteiger partial charge < -0.3 is 9.64 Å². The van der Waals surface area contributed by atoms with E-state index in [1.807, 2.05) is 86.1 Å². The van der Waals surface area contributed by atoms with Gasteiger partial charge in [-0.3, -0.25) is 19.5 Å². The Morgan fingerprint density at radius 3 is 2.62 bits per heavy atom. The van der Waals surface area contributed by atoms with Crippen molar-refractivity contribution in [3.8, 4) is 22.7 Å². The van der Waals surface area contributed by atoms with Gasteiger partial charge in [0.1, 0.15) is 12.3 Å². The summed E-state index contributed by atoms with van der Waals surface area (Å²) in [6.07, 6.45) is 3.87. The van der Waals surface area contributed by atoms with E-state index in [2.05, 4.69) is 16.9 Å². The topological polar surface area (TPSA) is 76.5 Å². The fourth-order valence-electron chi connectivity index (χ4n) is 3.53. The molecule has 0 spiro atoms. The fraction of sp³-hybridized carbons (Fsp3) is 0.296. The van der Waals surface area contributed by atoms with Crippen LogP contribution < -0.4 is 10.1 Å². The number of anilines is 1. The Hall–Kier alpha value is -3.87. The molecule has 0 saturated carbocycles. The van der Waals surface area contributed by atoms with Gasteiger partial charge >= 0.3 is 0 Å². The summed E-state index contributed by atoms with van der Waals surface area (Å²) < 4.78 is 7.46. The van der Waals surface area contributed by atoms with Gasteiger partial charge in [0.2, 0.25) is 17.8 Å². The molecule has 3 rings (SSSR count). The van der Waals surface area contributed by atoms with Crippen LogP contribution in [0.25, 0.3) is 16.9 Å².